The minimum Gasteiger partial charge on any atom is -0.338 e. The van der Waals surface area contributed by atoms with Gasteiger partial charge in [-0.25, -0.2) is 13.1 Å². The van der Waals surface area contributed by atoms with Crippen molar-refractivity contribution in [2.45, 2.75) is 31.1 Å². The average Bonchev–Trinajstić information content (AvgIpc) is 3.33. The molecule has 1 aliphatic carbocycles. The number of rotatable bonds is 6. The summed E-state index contributed by atoms with van der Waals surface area (Å²) >= 11 is 0. The summed E-state index contributed by atoms with van der Waals surface area (Å²) in [5.74, 6) is 0.328. The topological polar surface area (TPSA) is 92.5 Å². The average molecular weight is 351 g/mol. The molecule has 1 saturated heterocycles. The fourth-order valence-corrected chi connectivity index (χ4v) is 4.14. The molecular weight excluding hydrogens is 326 g/mol. The summed E-state index contributed by atoms with van der Waals surface area (Å²) in [6.07, 6.45) is 3.03. The maximum absolute atomic E-state index is 12.7. The fourth-order valence-electron chi connectivity index (χ4n) is 2.98. The number of hydrogen-bond acceptors (Lipinski definition) is 4. The van der Waals surface area contributed by atoms with Crippen molar-refractivity contribution in [3.8, 4) is 0 Å². The highest BCUT2D eigenvalue weighted by Gasteiger charge is 2.35. The number of carbonyl (C=O) groups is 1. The third-order valence-electron chi connectivity index (χ3n) is 4.99. The normalized spacial score (nSPS) is 24.3. The highest BCUT2D eigenvalue weighted by atomic mass is 32.2. The van der Waals surface area contributed by atoms with Crippen LogP contribution in [0.3, 0.4) is 0 Å². The van der Waals surface area contributed by atoms with E-state index < -0.39 is 10.0 Å². The molecule has 1 aliphatic heterocycles. The standard InChI is InChI=1S/C17H25N3O3S/c1-17(11-18)7-8-20(12-17)16(21)14-3-2-4-15(9-14)24(22,23)19-10-13-5-6-13/h2-4,9,13,19H,5-8,10-12,18H2,1H3. The number of nitrogens with one attached hydrogen (secondary N) is 1. The zero-order valence-electron chi connectivity index (χ0n) is 14.0. The Morgan fingerprint density at radius 2 is 2.17 bits per heavy atom. The predicted octanol–water partition coefficient (Wildman–Crippen LogP) is 1.19. The Kier molecular flexibility index (Phi) is 4.68. The largest absolute Gasteiger partial charge is 0.338 e. The third kappa shape index (κ3) is 3.79. The van der Waals surface area contributed by atoms with Crippen LogP contribution in [0, 0.1) is 11.3 Å². The van der Waals surface area contributed by atoms with Gasteiger partial charge in [-0.2, -0.15) is 0 Å². The molecule has 0 radical (unpaired) electrons. The van der Waals surface area contributed by atoms with Crippen LogP contribution in [0.4, 0.5) is 0 Å². The van der Waals surface area contributed by atoms with Crippen molar-refractivity contribution in [3.05, 3.63) is 29.8 Å². The van der Waals surface area contributed by atoms with E-state index in [4.69, 9.17) is 5.73 Å². The van der Waals surface area contributed by atoms with E-state index in [1.54, 1.807) is 17.0 Å². The number of likely N-dealkylation sites (tertiary alicyclic amines) is 1. The van der Waals surface area contributed by atoms with Crippen LogP contribution in [0.5, 0.6) is 0 Å². The van der Waals surface area contributed by atoms with Gasteiger partial charge in [0.15, 0.2) is 0 Å². The van der Waals surface area contributed by atoms with Crippen molar-refractivity contribution in [3.63, 3.8) is 0 Å². The Labute approximate surface area is 143 Å². The van der Waals surface area contributed by atoms with Gasteiger partial charge in [0.05, 0.1) is 4.90 Å². The lowest BCUT2D eigenvalue weighted by Gasteiger charge is -2.22. The summed E-state index contributed by atoms with van der Waals surface area (Å²) in [6, 6.07) is 6.28. The SMILES string of the molecule is CC1(CN)CCN(C(=O)c2cccc(S(=O)(=O)NCC3CC3)c2)C1. The Balaban J connectivity index is 1.74. The molecule has 2 aliphatic rings. The summed E-state index contributed by atoms with van der Waals surface area (Å²) in [5, 5.41) is 0. The van der Waals surface area contributed by atoms with Crippen LogP contribution < -0.4 is 10.5 Å². The van der Waals surface area contributed by atoms with Gasteiger partial charge in [-0.1, -0.05) is 13.0 Å². The van der Waals surface area contributed by atoms with Crippen molar-refractivity contribution >= 4 is 15.9 Å². The molecule has 1 atom stereocenters. The van der Waals surface area contributed by atoms with Crippen LogP contribution in [-0.2, 0) is 10.0 Å². The number of nitrogens with two attached hydrogens (primary N) is 1. The summed E-state index contributed by atoms with van der Waals surface area (Å²) in [4.78, 5) is 14.6. The monoisotopic (exact) mass is 351 g/mol. The van der Waals surface area contributed by atoms with E-state index in [1.807, 2.05) is 0 Å². The molecule has 3 N–H and O–H groups in total. The lowest BCUT2D eigenvalue weighted by Crippen LogP contribution is -2.34. The van der Waals surface area contributed by atoms with Crippen LogP contribution >= 0.6 is 0 Å². The van der Waals surface area contributed by atoms with Gasteiger partial charge in [0, 0.05) is 25.2 Å². The Hall–Kier alpha value is -1.44. The first kappa shape index (κ1) is 17.4. The minimum absolute atomic E-state index is 0.0504. The van der Waals surface area contributed by atoms with Crippen molar-refractivity contribution in [2.75, 3.05) is 26.2 Å². The van der Waals surface area contributed by atoms with E-state index in [0.29, 0.717) is 37.7 Å². The van der Waals surface area contributed by atoms with Gasteiger partial charge in [0.2, 0.25) is 10.0 Å². The molecule has 1 aromatic rings. The van der Waals surface area contributed by atoms with E-state index in [2.05, 4.69) is 11.6 Å². The van der Waals surface area contributed by atoms with Crippen molar-refractivity contribution in [1.29, 1.82) is 0 Å². The number of amides is 1. The maximum atomic E-state index is 12.7. The molecule has 24 heavy (non-hydrogen) atoms. The minimum atomic E-state index is -3.56. The second-order valence-electron chi connectivity index (χ2n) is 7.31. The molecule has 0 aromatic heterocycles. The molecule has 1 unspecified atom stereocenters. The van der Waals surface area contributed by atoms with Gasteiger partial charge >= 0.3 is 0 Å². The van der Waals surface area contributed by atoms with Gasteiger partial charge < -0.3 is 10.6 Å². The molecule has 2 fully saturated rings. The second kappa shape index (κ2) is 6.46. The molecule has 7 heteroatoms. The molecule has 132 valence electrons. The van der Waals surface area contributed by atoms with Crippen LogP contribution in [0.1, 0.15) is 36.5 Å². The number of sulfonamides is 1. The van der Waals surface area contributed by atoms with Crippen molar-refractivity contribution in [1.82, 2.24) is 9.62 Å². The lowest BCUT2D eigenvalue weighted by molar-refractivity contribution is 0.0776. The summed E-state index contributed by atoms with van der Waals surface area (Å²) in [6.45, 7) is 4.35. The summed E-state index contributed by atoms with van der Waals surface area (Å²) < 4.78 is 27.3. The zero-order valence-corrected chi connectivity index (χ0v) is 14.8. The van der Waals surface area contributed by atoms with E-state index in [-0.39, 0.29) is 16.2 Å². The summed E-state index contributed by atoms with van der Waals surface area (Å²) in [5.41, 5.74) is 6.15. The first-order valence-electron chi connectivity index (χ1n) is 8.42. The Morgan fingerprint density at radius 1 is 1.42 bits per heavy atom. The second-order valence-corrected chi connectivity index (χ2v) is 9.08. The highest BCUT2D eigenvalue weighted by Crippen LogP contribution is 2.30. The van der Waals surface area contributed by atoms with Crippen molar-refractivity contribution in [2.24, 2.45) is 17.1 Å². The van der Waals surface area contributed by atoms with Gasteiger partial charge in [-0.05, 0) is 55.3 Å². The molecule has 0 spiro atoms. The predicted molar refractivity (Wildman–Crippen MR) is 92.0 cm³/mol. The van der Waals surface area contributed by atoms with E-state index in [1.165, 1.54) is 12.1 Å². The molecule has 1 saturated carbocycles. The zero-order chi connectivity index (χ0) is 17.4. The van der Waals surface area contributed by atoms with Crippen LogP contribution in [-0.4, -0.2) is 45.4 Å². The van der Waals surface area contributed by atoms with Gasteiger partial charge in [0.1, 0.15) is 0 Å². The Bertz CT molecular complexity index is 730. The number of hydrogen-bond donors (Lipinski definition) is 2. The highest BCUT2D eigenvalue weighted by molar-refractivity contribution is 7.89. The first-order chi connectivity index (χ1) is 11.3. The van der Waals surface area contributed by atoms with Crippen LogP contribution in [0.15, 0.2) is 29.2 Å². The molecular formula is C17H25N3O3S. The van der Waals surface area contributed by atoms with Gasteiger partial charge in [0.25, 0.3) is 5.91 Å². The van der Waals surface area contributed by atoms with Gasteiger partial charge in [-0.3, -0.25) is 4.79 Å². The number of nitrogens with zero attached hydrogens (tertiary/aromatic N) is 1. The fraction of sp³-hybridized carbons (Fsp3) is 0.588. The first-order valence-corrected chi connectivity index (χ1v) is 9.90. The van der Waals surface area contributed by atoms with Gasteiger partial charge in [-0.15, -0.1) is 0 Å². The van der Waals surface area contributed by atoms with E-state index in [0.717, 1.165) is 19.3 Å². The van der Waals surface area contributed by atoms with Crippen LogP contribution in [0.25, 0.3) is 0 Å². The van der Waals surface area contributed by atoms with E-state index in [9.17, 15) is 13.2 Å². The quantitative estimate of drug-likeness (QED) is 0.805. The number of carbonyl (C=O) groups excluding carboxylic acids is 1. The summed E-state index contributed by atoms with van der Waals surface area (Å²) in [7, 11) is -3.56. The molecule has 1 heterocycles. The smallest absolute Gasteiger partial charge is 0.253 e. The molecule has 1 amide bonds. The van der Waals surface area contributed by atoms with E-state index >= 15 is 0 Å². The third-order valence-corrected chi connectivity index (χ3v) is 6.41. The lowest BCUT2D eigenvalue weighted by atomic mass is 9.90. The molecule has 1 aromatic carbocycles. The molecule has 3 rings (SSSR count). The van der Waals surface area contributed by atoms with Crippen LogP contribution in [0.2, 0.25) is 0 Å². The van der Waals surface area contributed by atoms with Crippen molar-refractivity contribution < 1.29 is 13.2 Å². The number of benzene rings is 1. The maximum Gasteiger partial charge on any atom is 0.253 e. The Morgan fingerprint density at radius 3 is 2.79 bits per heavy atom. The molecule has 6 nitrogen and oxygen atoms in total. The molecule has 0 bridgehead atoms.